The highest BCUT2D eigenvalue weighted by Crippen LogP contribution is 2.10. The molecule has 0 aliphatic carbocycles. The zero-order chi connectivity index (χ0) is 21.3. The van der Waals surface area contributed by atoms with Gasteiger partial charge in [-0.15, -0.1) is 0 Å². The molecule has 1 atom stereocenters. The first-order valence-corrected chi connectivity index (χ1v) is 11.5. The molecule has 29 heavy (non-hydrogen) atoms. The molecule has 0 rings (SSSR count). The molecule has 0 fully saturated rings. The van der Waals surface area contributed by atoms with Gasteiger partial charge in [-0.1, -0.05) is 58.3 Å². The Labute approximate surface area is 178 Å². The van der Waals surface area contributed by atoms with Crippen LogP contribution >= 0.6 is 0 Å². The summed E-state index contributed by atoms with van der Waals surface area (Å²) in [5.41, 5.74) is 0. The summed E-state index contributed by atoms with van der Waals surface area (Å²) in [6.45, 7) is 7.06. The normalized spacial score (nSPS) is 12.5. The maximum absolute atomic E-state index is 9.91. The van der Waals surface area contributed by atoms with Crippen molar-refractivity contribution in [3.8, 4) is 0 Å². The van der Waals surface area contributed by atoms with Crippen LogP contribution in [0.15, 0.2) is 0 Å². The Morgan fingerprint density at radius 3 is 1.45 bits per heavy atom. The standard InChI is InChI=1S/C22H46O7/c1-2-3-4-5-6-7-8-9-10-22(24)21-29-20-19-28-18-17-27-16-15-26-14-13-25-12-11-23/h22-24H,2-21H2,1H3. The first kappa shape index (κ1) is 28.7. The summed E-state index contributed by atoms with van der Waals surface area (Å²) in [7, 11) is 0. The van der Waals surface area contributed by atoms with Crippen LogP contribution in [0.3, 0.4) is 0 Å². The lowest BCUT2D eigenvalue weighted by Gasteiger charge is -2.11. The highest BCUT2D eigenvalue weighted by atomic mass is 16.6. The zero-order valence-electron chi connectivity index (χ0n) is 18.7. The minimum absolute atomic E-state index is 0.0358. The summed E-state index contributed by atoms with van der Waals surface area (Å²) in [4.78, 5) is 0. The summed E-state index contributed by atoms with van der Waals surface area (Å²) >= 11 is 0. The zero-order valence-corrected chi connectivity index (χ0v) is 18.7. The van der Waals surface area contributed by atoms with E-state index in [0.29, 0.717) is 66.1 Å². The average Bonchev–Trinajstić information content (AvgIpc) is 2.72. The van der Waals surface area contributed by atoms with Gasteiger partial charge < -0.3 is 33.9 Å². The second kappa shape index (κ2) is 25.8. The summed E-state index contributed by atoms with van der Waals surface area (Å²) in [5.74, 6) is 0. The molecule has 0 heterocycles. The molecule has 7 nitrogen and oxygen atoms in total. The van der Waals surface area contributed by atoms with E-state index in [-0.39, 0.29) is 12.7 Å². The topological polar surface area (TPSA) is 86.6 Å². The van der Waals surface area contributed by atoms with Crippen molar-refractivity contribution in [3.05, 3.63) is 0 Å². The van der Waals surface area contributed by atoms with Crippen molar-refractivity contribution in [1.29, 1.82) is 0 Å². The molecule has 0 aliphatic heterocycles. The number of unbranched alkanes of at least 4 members (excludes halogenated alkanes) is 7. The van der Waals surface area contributed by atoms with Crippen molar-refractivity contribution in [1.82, 2.24) is 0 Å². The van der Waals surface area contributed by atoms with E-state index >= 15 is 0 Å². The number of hydrogen-bond acceptors (Lipinski definition) is 7. The predicted molar refractivity (Wildman–Crippen MR) is 114 cm³/mol. The molecule has 0 aliphatic rings. The number of ether oxygens (including phenoxy) is 5. The Bertz CT molecular complexity index is 292. The Kier molecular flexibility index (Phi) is 25.5. The van der Waals surface area contributed by atoms with E-state index in [1.807, 2.05) is 0 Å². The number of hydrogen-bond donors (Lipinski definition) is 2. The lowest BCUT2D eigenvalue weighted by molar-refractivity contribution is -0.0229. The molecule has 0 saturated carbocycles. The summed E-state index contributed by atoms with van der Waals surface area (Å²) in [6.07, 6.45) is 10.7. The Morgan fingerprint density at radius 2 is 0.966 bits per heavy atom. The number of aliphatic hydroxyl groups is 2. The van der Waals surface area contributed by atoms with Crippen LogP contribution in [0.4, 0.5) is 0 Å². The molecule has 2 N–H and O–H groups in total. The average molecular weight is 423 g/mol. The van der Waals surface area contributed by atoms with Crippen LogP contribution in [0.1, 0.15) is 64.7 Å². The van der Waals surface area contributed by atoms with Crippen LogP contribution in [0.5, 0.6) is 0 Å². The van der Waals surface area contributed by atoms with Crippen molar-refractivity contribution >= 4 is 0 Å². The predicted octanol–water partition coefficient (Wildman–Crippen LogP) is 2.95. The number of aliphatic hydroxyl groups excluding tert-OH is 2. The van der Waals surface area contributed by atoms with Crippen molar-refractivity contribution < 1.29 is 33.9 Å². The SMILES string of the molecule is CCCCCCCCCCC(O)COCCOCCOCCOCCOCCO. The third kappa shape index (κ3) is 25.7. The second-order valence-electron chi connectivity index (χ2n) is 7.17. The van der Waals surface area contributed by atoms with Gasteiger partial charge in [0.05, 0.1) is 78.8 Å². The van der Waals surface area contributed by atoms with Crippen LogP contribution < -0.4 is 0 Å². The van der Waals surface area contributed by atoms with Crippen molar-refractivity contribution in [2.24, 2.45) is 0 Å². The van der Waals surface area contributed by atoms with E-state index in [9.17, 15) is 5.11 Å². The van der Waals surface area contributed by atoms with E-state index in [2.05, 4.69) is 6.92 Å². The summed E-state index contributed by atoms with van der Waals surface area (Å²) in [6, 6.07) is 0. The molecule has 0 bridgehead atoms. The van der Waals surface area contributed by atoms with Gasteiger partial charge in [0.2, 0.25) is 0 Å². The Morgan fingerprint density at radius 1 is 0.552 bits per heavy atom. The van der Waals surface area contributed by atoms with Gasteiger partial charge in [0.1, 0.15) is 0 Å². The Hall–Kier alpha value is -0.280. The lowest BCUT2D eigenvalue weighted by atomic mass is 10.1. The first-order chi connectivity index (χ1) is 14.3. The molecule has 0 aromatic carbocycles. The van der Waals surface area contributed by atoms with Crippen LogP contribution in [0.2, 0.25) is 0 Å². The Balaban J connectivity index is 3.11. The molecule has 7 heteroatoms. The van der Waals surface area contributed by atoms with Crippen molar-refractivity contribution in [3.63, 3.8) is 0 Å². The molecule has 0 amide bonds. The van der Waals surface area contributed by atoms with E-state index in [4.69, 9.17) is 28.8 Å². The highest BCUT2D eigenvalue weighted by Gasteiger charge is 2.04. The molecule has 0 aromatic heterocycles. The fourth-order valence-electron chi connectivity index (χ4n) is 2.76. The first-order valence-electron chi connectivity index (χ1n) is 11.5. The van der Waals surface area contributed by atoms with Gasteiger partial charge in [-0.2, -0.15) is 0 Å². The van der Waals surface area contributed by atoms with E-state index in [1.165, 1.54) is 44.9 Å². The van der Waals surface area contributed by atoms with E-state index in [1.54, 1.807) is 0 Å². The van der Waals surface area contributed by atoms with Crippen molar-refractivity contribution in [2.45, 2.75) is 70.8 Å². The van der Waals surface area contributed by atoms with Gasteiger partial charge in [0, 0.05) is 0 Å². The quantitative estimate of drug-likeness (QED) is 0.219. The summed E-state index contributed by atoms with van der Waals surface area (Å²) < 4.78 is 26.6. The smallest absolute Gasteiger partial charge is 0.0773 e. The van der Waals surface area contributed by atoms with Gasteiger partial charge >= 0.3 is 0 Å². The molecule has 0 spiro atoms. The largest absolute Gasteiger partial charge is 0.394 e. The van der Waals surface area contributed by atoms with E-state index < -0.39 is 0 Å². The van der Waals surface area contributed by atoms with Gasteiger partial charge in [-0.25, -0.2) is 0 Å². The molecule has 176 valence electrons. The van der Waals surface area contributed by atoms with Crippen molar-refractivity contribution in [2.75, 3.05) is 72.7 Å². The van der Waals surface area contributed by atoms with Crippen LogP contribution in [0.25, 0.3) is 0 Å². The molecule has 0 radical (unpaired) electrons. The maximum Gasteiger partial charge on any atom is 0.0773 e. The fraction of sp³-hybridized carbons (Fsp3) is 1.00. The molecule has 1 unspecified atom stereocenters. The fourth-order valence-corrected chi connectivity index (χ4v) is 2.76. The maximum atomic E-state index is 9.91. The summed E-state index contributed by atoms with van der Waals surface area (Å²) in [5, 5.41) is 18.4. The van der Waals surface area contributed by atoms with Crippen LogP contribution in [-0.2, 0) is 23.7 Å². The highest BCUT2D eigenvalue weighted by molar-refractivity contribution is 4.55. The monoisotopic (exact) mass is 422 g/mol. The minimum atomic E-state index is -0.368. The third-order valence-electron chi connectivity index (χ3n) is 4.42. The lowest BCUT2D eigenvalue weighted by Crippen LogP contribution is -2.18. The minimum Gasteiger partial charge on any atom is -0.394 e. The van der Waals surface area contributed by atoms with Gasteiger partial charge in [-0.05, 0) is 6.42 Å². The molecule has 0 aromatic rings. The van der Waals surface area contributed by atoms with Gasteiger partial charge in [0.25, 0.3) is 0 Å². The van der Waals surface area contributed by atoms with Crippen LogP contribution in [0, 0.1) is 0 Å². The molecule has 0 saturated heterocycles. The van der Waals surface area contributed by atoms with Crippen LogP contribution in [-0.4, -0.2) is 89.0 Å². The van der Waals surface area contributed by atoms with E-state index in [0.717, 1.165) is 12.8 Å². The second-order valence-corrected chi connectivity index (χ2v) is 7.17. The van der Waals surface area contributed by atoms with Gasteiger partial charge in [-0.3, -0.25) is 0 Å². The number of rotatable bonds is 25. The molecular formula is C22H46O7. The third-order valence-corrected chi connectivity index (χ3v) is 4.42. The molecular weight excluding hydrogens is 376 g/mol. The van der Waals surface area contributed by atoms with Gasteiger partial charge in [0.15, 0.2) is 0 Å².